The summed E-state index contributed by atoms with van der Waals surface area (Å²) in [6, 6.07) is 17.0. The number of hydrogen-bond donors (Lipinski definition) is 3. The molecule has 3 N–H and O–H groups in total. The van der Waals surface area contributed by atoms with E-state index in [1.54, 1.807) is 0 Å². The van der Waals surface area contributed by atoms with E-state index in [0.29, 0.717) is 6.04 Å². The van der Waals surface area contributed by atoms with Gasteiger partial charge in [0.2, 0.25) is 0 Å². The quantitative estimate of drug-likeness (QED) is 0.515. The maximum atomic E-state index is 13.3. The predicted octanol–water partition coefficient (Wildman–Crippen LogP) is 5.07. The van der Waals surface area contributed by atoms with Gasteiger partial charge in [0.15, 0.2) is 0 Å². The van der Waals surface area contributed by atoms with E-state index >= 15 is 0 Å². The van der Waals surface area contributed by atoms with Gasteiger partial charge in [-0.25, -0.2) is 4.79 Å². The molecule has 7 heteroatoms. The number of anilines is 2. The van der Waals surface area contributed by atoms with Gasteiger partial charge in [0.25, 0.3) is 0 Å². The maximum Gasteiger partial charge on any atom is 0.320 e. The molecule has 0 radical (unpaired) electrons. The number of nitrogens with one attached hydrogen (secondary N) is 3. The number of carbonyl (C=O) groups is 1. The molecule has 7 nitrogen and oxygen atoms in total. The molecule has 0 bridgehead atoms. The van der Waals surface area contributed by atoms with Crippen LogP contribution in [-0.4, -0.2) is 46.5 Å². The lowest BCUT2D eigenvalue weighted by molar-refractivity contribution is 0.115. The van der Waals surface area contributed by atoms with Crippen LogP contribution in [0.3, 0.4) is 0 Å². The highest BCUT2D eigenvalue weighted by molar-refractivity contribution is 6.06. The Morgan fingerprint density at radius 1 is 1.09 bits per heavy atom. The summed E-state index contributed by atoms with van der Waals surface area (Å²) in [7, 11) is 0. The molecule has 2 aliphatic heterocycles. The third kappa shape index (κ3) is 3.94. The van der Waals surface area contributed by atoms with Crippen molar-refractivity contribution in [1.82, 2.24) is 15.2 Å². The van der Waals surface area contributed by atoms with Gasteiger partial charge < -0.3 is 20.5 Å². The molecule has 1 saturated carbocycles. The fourth-order valence-electron chi connectivity index (χ4n) is 5.80. The van der Waals surface area contributed by atoms with Gasteiger partial charge in [-0.1, -0.05) is 43.5 Å². The van der Waals surface area contributed by atoms with Gasteiger partial charge in [-0.2, -0.15) is 0 Å². The molecule has 2 atom stereocenters. The normalized spacial score (nSPS) is 23.2. The van der Waals surface area contributed by atoms with Gasteiger partial charge >= 0.3 is 6.03 Å². The second-order valence-corrected chi connectivity index (χ2v) is 9.82. The highest BCUT2D eigenvalue weighted by Crippen LogP contribution is 2.35. The second kappa shape index (κ2) is 8.80. The summed E-state index contributed by atoms with van der Waals surface area (Å²) in [5, 5.41) is 7.50. The lowest BCUT2D eigenvalue weighted by atomic mass is 9.93. The van der Waals surface area contributed by atoms with Crippen LogP contribution in [0.25, 0.3) is 10.9 Å². The molecule has 2 aromatic carbocycles. The molecule has 1 fully saturated rings. The van der Waals surface area contributed by atoms with Crippen molar-refractivity contribution in [2.45, 2.75) is 63.8 Å². The van der Waals surface area contributed by atoms with Crippen LogP contribution in [0.5, 0.6) is 0 Å². The molecule has 3 aliphatic rings. The first-order chi connectivity index (χ1) is 16.7. The molecule has 3 heterocycles. The fourth-order valence-corrected chi connectivity index (χ4v) is 5.80. The first kappa shape index (κ1) is 21.2. The van der Waals surface area contributed by atoms with E-state index in [4.69, 9.17) is 4.99 Å². The van der Waals surface area contributed by atoms with Crippen LogP contribution < -0.4 is 15.5 Å². The molecule has 0 unspecified atom stereocenters. The van der Waals surface area contributed by atoms with Crippen molar-refractivity contribution < 1.29 is 4.79 Å². The summed E-state index contributed by atoms with van der Waals surface area (Å²) in [6.07, 6.45) is 7.74. The van der Waals surface area contributed by atoms with Crippen molar-refractivity contribution in [3.8, 4) is 0 Å². The molecule has 0 saturated heterocycles. The first-order valence-corrected chi connectivity index (χ1v) is 12.5. The fraction of sp³-hybridized carbons (Fsp3) is 0.407. The number of amides is 2. The third-order valence-corrected chi connectivity index (χ3v) is 7.41. The summed E-state index contributed by atoms with van der Waals surface area (Å²) >= 11 is 0. The first-order valence-electron chi connectivity index (χ1n) is 12.5. The number of para-hydroxylation sites is 1. The SMILES string of the molecule is C[C@H]1CN2C(=N1)[C@H](NC(=O)Nc1ccc3cc[nH]c3c1)N(C1CCCCC1)Cc1ccccc12. The van der Waals surface area contributed by atoms with Gasteiger partial charge in [0.05, 0.1) is 6.04 Å². The topological polar surface area (TPSA) is 75.8 Å². The number of H-pyrrole nitrogens is 1. The largest absolute Gasteiger partial charge is 0.361 e. The number of amidine groups is 1. The Bertz CT molecular complexity index is 1230. The van der Waals surface area contributed by atoms with E-state index in [-0.39, 0.29) is 18.2 Å². The van der Waals surface area contributed by atoms with Gasteiger partial charge in [0, 0.05) is 42.2 Å². The van der Waals surface area contributed by atoms with E-state index in [1.165, 1.54) is 30.5 Å². The minimum absolute atomic E-state index is 0.192. The van der Waals surface area contributed by atoms with Crippen molar-refractivity contribution in [2.75, 3.05) is 16.8 Å². The average Bonchev–Trinajstić information content (AvgIpc) is 3.45. The molecule has 176 valence electrons. The van der Waals surface area contributed by atoms with Crippen LogP contribution in [0.1, 0.15) is 44.6 Å². The lowest BCUT2D eigenvalue weighted by Crippen LogP contribution is -2.59. The van der Waals surface area contributed by atoms with Gasteiger partial charge in [-0.15, -0.1) is 0 Å². The van der Waals surface area contributed by atoms with Crippen LogP contribution in [0.15, 0.2) is 59.7 Å². The molecular weight excluding hydrogens is 424 g/mol. The Kier molecular flexibility index (Phi) is 5.49. The number of rotatable bonds is 3. The molecule has 34 heavy (non-hydrogen) atoms. The molecule has 0 spiro atoms. The van der Waals surface area contributed by atoms with Crippen molar-refractivity contribution in [1.29, 1.82) is 0 Å². The number of aliphatic imine (C=N–C) groups is 1. The zero-order chi connectivity index (χ0) is 23.1. The zero-order valence-electron chi connectivity index (χ0n) is 19.6. The highest BCUT2D eigenvalue weighted by Gasteiger charge is 2.41. The number of carbonyl (C=O) groups excluding carboxylic acids is 1. The standard InChI is InChI=1S/C27H32N6O/c1-18-16-33-24-10-6-5-7-20(24)17-32(22-8-3-2-4-9-22)26(25(33)29-18)31-27(34)30-21-12-11-19-13-14-28-23(19)15-21/h5-7,10-15,18,22,26,28H,2-4,8-9,16-17H2,1H3,(H2,30,31,34)/t18-,26+/m0/s1. The summed E-state index contributed by atoms with van der Waals surface area (Å²) < 4.78 is 0. The Labute approximate surface area is 200 Å². The van der Waals surface area contributed by atoms with Gasteiger partial charge in [-0.3, -0.25) is 9.89 Å². The predicted molar refractivity (Wildman–Crippen MR) is 137 cm³/mol. The number of aromatic amines is 1. The molecular formula is C27H32N6O. The number of fused-ring (bicyclic) bond motifs is 4. The zero-order valence-corrected chi connectivity index (χ0v) is 19.6. The van der Waals surface area contributed by atoms with Crippen LogP contribution >= 0.6 is 0 Å². The van der Waals surface area contributed by atoms with E-state index in [1.807, 2.05) is 30.5 Å². The van der Waals surface area contributed by atoms with E-state index < -0.39 is 0 Å². The Morgan fingerprint density at radius 2 is 1.94 bits per heavy atom. The molecule has 1 aromatic heterocycles. The molecule has 1 aliphatic carbocycles. The minimum atomic E-state index is -0.269. The summed E-state index contributed by atoms with van der Waals surface area (Å²) in [6.45, 7) is 3.80. The highest BCUT2D eigenvalue weighted by atomic mass is 16.2. The number of benzene rings is 2. The minimum Gasteiger partial charge on any atom is -0.361 e. The molecule has 3 aromatic rings. The van der Waals surface area contributed by atoms with Crippen molar-refractivity contribution in [2.24, 2.45) is 4.99 Å². The van der Waals surface area contributed by atoms with Crippen molar-refractivity contribution in [3.05, 3.63) is 60.3 Å². The monoisotopic (exact) mass is 456 g/mol. The van der Waals surface area contributed by atoms with Crippen LogP contribution in [0, 0.1) is 0 Å². The smallest absolute Gasteiger partial charge is 0.320 e. The van der Waals surface area contributed by atoms with Crippen molar-refractivity contribution in [3.63, 3.8) is 0 Å². The summed E-state index contributed by atoms with van der Waals surface area (Å²) in [5.41, 5.74) is 4.30. The van der Waals surface area contributed by atoms with E-state index in [9.17, 15) is 4.79 Å². The number of aromatic nitrogens is 1. The van der Waals surface area contributed by atoms with Crippen LogP contribution in [0.2, 0.25) is 0 Å². The average molecular weight is 457 g/mol. The lowest BCUT2D eigenvalue weighted by Gasteiger charge is -2.39. The Balaban J connectivity index is 1.32. The van der Waals surface area contributed by atoms with Crippen LogP contribution in [-0.2, 0) is 6.54 Å². The van der Waals surface area contributed by atoms with Crippen molar-refractivity contribution >= 4 is 34.1 Å². The number of nitrogens with zero attached hydrogens (tertiary/aromatic N) is 3. The number of hydrogen-bond acceptors (Lipinski definition) is 4. The molecule has 6 rings (SSSR count). The number of urea groups is 1. The van der Waals surface area contributed by atoms with Gasteiger partial charge in [-0.05, 0) is 55.0 Å². The Hall–Kier alpha value is -3.32. The maximum absolute atomic E-state index is 13.3. The van der Waals surface area contributed by atoms with E-state index in [0.717, 1.165) is 48.4 Å². The Morgan fingerprint density at radius 3 is 2.82 bits per heavy atom. The summed E-state index contributed by atoms with van der Waals surface area (Å²) in [4.78, 5) is 26.4. The van der Waals surface area contributed by atoms with Gasteiger partial charge in [0.1, 0.15) is 12.0 Å². The molecule has 2 amide bonds. The third-order valence-electron chi connectivity index (χ3n) is 7.41. The summed E-state index contributed by atoms with van der Waals surface area (Å²) in [5.74, 6) is 0.956. The second-order valence-electron chi connectivity index (χ2n) is 9.82. The van der Waals surface area contributed by atoms with E-state index in [2.05, 4.69) is 56.6 Å². The van der Waals surface area contributed by atoms with Crippen LogP contribution in [0.4, 0.5) is 16.2 Å².